The zero-order valence-corrected chi connectivity index (χ0v) is 23.5. The summed E-state index contributed by atoms with van der Waals surface area (Å²) in [5, 5.41) is 14.8. The molecule has 3 aromatic rings. The molecule has 0 atom stereocenters. The molecule has 0 saturated carbocycles. The van der Waals surface area contributed by atoms with E-state index < -0.39 is 5.79 Å². The third-order valence-electron chi connectivity index (χ3n) is 5.37. The second-order valence-corrected chi connectivity index (χ2v) is 13.2. The van der Waals surface area contributed by atoms with Gasteiger partial charge >= 0.3 is 33.3 Å². The molecule has 0 radical (unpaired) electrons. The zero-order chi connectivity index (χ0) is 24.5. The molecule has 0 unspecified atom stereocenters. The first-order valence-corrected chi connectivity index (χ1v) is 13.9. The quantitative estimate of drug-likeness (QED) is 0.381. The van der Waals surface area contributed by atoms with Gasteiger partial charge in [-0.05, 0) is 18.2 Å². The van der Waals surface area contributed by atoms with E-state index in [2.05, 4.69) is 87.4 Å². The van der Waals surface area contributed by atoms with Crippen molar-refractivity contribution in [1.82, 2.24) is 29.3 Å². The van der Waals surface area contributed by atoms with Crippen LogP contribution in [0.4, 0.5) is 0 Å². The molecule has 0 fully saturated rings. The SMILES string of the molecule is CC(C)(C)c1ccn(C(C)(n2ccc(C(C)(C)C)n2)n2ccc(C(C)(C)C)n2)n1.[Cl][Mn][Cl]. The van der Waals surface area contributed by atoms with Crippen molar-refractivity contribution in [2.24, 2.45) is 0 Å². The molecule has 3 aromatic heterocycles. The minimum atomic E-state index is -0.740. The summed E-state index contributed by atoms with van der Waals surface area (Å²) in [4.78, 5) is 0. The monoisotopic (exact) mass is 521 g/mol. The van der Waals surface area contributed by atoms with Crippen molar-refractivity contribution < 1.29 is 13.1 Å². The van der Waals surface area contributed by atoms with Gasteiger partial charge in [0.05, 0.1) is 17.1 Å². The Morgan fingerprint density at radius 2 is 0.781 bits per heavy atom. The predicted octanol–water partition coefficient (Wildman–Crippen LogP) is 6.27. The van der Waals surface area contributed by atoms with Crippen LogP contribution in [0.25, 0.3) is 0 Å². The standard InChI is InChI=1S/C23H36N6.2ClH.Mn/c1-20(2,3)17-11-14-27(24-17)23(10,28-15-12-18(25-28)21(4,5)6)29-16-13-19(26-29)22(7,8)9;;;/h11-16H,1-10H3;2*1H;/q;;;+2/p-2. The number of hydrogen-bond acceptors (Lipinski definition) is 3. The van der Waals surface area contributed by atoms with E-state index in [1.54, 1.807) is 0 Å². The zero-order valence-electron chi connectivity index (χ0n) is 20.8. The molecule has 9 heteroatoms. The summed E-state index contributed by atoms with van der Waals surface area (Å²) in [7, 11) is 9.59. The van der Waals surface area contributed by atoms with Crippen LogP contribution in [-0.2, 0) is 35.2 Å². The molecule has 0 saturated heterocycles. The molecule has 179 valence electrons. The Bertz CT molecular complexity index is 887. The summed E-state index contributed by atoms with van der Waals surface area (Å²) < 4.78 is 5.89. The van der Waals surface area contributed by atoms with Crippen LogP contribution in [0.1, 0.15) is 86.3 Å². The molecule has 0 aliphatic heterocycles. The number of rotatable bonds is 3. The summed E-state index contributed by atoms with van der Waals surface area (Å²) in [5.41, 5.74) is 3.01. The number of halogens is 2. The van der Waals surface area contributed by atoms with Gasteiger partial charge in [0, 0.05) is 41.8 Å². The van der Waals surface area contributed by atoms with Crippen molar-refractivity contribution >= 4 is 20.2 Å². The third kappa shape index (κ3) is 5.80. The summed E-state index contributed by atoms with van der Waals surface area (Å²) >= 11 is 0.00694. The van der Waals surface area contributed by atoms with E-state index in [1.165, 1.54) is 0 Å². The van der Waals surface area contributed by atoms with E-state index in [9.17, 15) is 0 Å². The molecule has 0 aromatic carbocycles. The van der Waals surface area contributed by atoms with Gasteiger partial charge in [0.2, 0.25) is 5.79 Å². The molecule has 0 spiro atoms. The van der Waals surface area contributed by atoms with Crippen LogP contribution in [0.3, 0.4) is 0 Å². The van der Waals surface area contributed by atoms with E-state index in [-0.39, 0.29) is 29.4 Å². The molecular weight excluding hydrogens is 486 g/mol. The Kier molecular flexibility index (Phi) is 8.04. The molecule has 0 aliphatic rings. The van der Waals surface area contributed by atoms with Crippen LogP contribution in [0, 0.1) is 0 Å². The van der Waals surface area contributed by atoms with Crippen LogP contribution >= 0.6 is 20.2 Å². The van der Waals surface area contributed by atoms with E-state index in [0.717, 1.165) is 17.1 Å². The van der Waals surface area contributed by atoms with Gasteiger partial charge in [-0.2, -0.15) is 15.3 Å². The van der Waals surface area contributed by atoms with Gasteiger partial charge in [0.15, 0.2) is 0 Å². The molecule has 0 bridgehead atoms. The van der Waals surface area contributed by atoms with Crippen molar-refractivity contribution in [2.45, 2.75) is 91.3 Å². The Balaban J connectivity index is 0.00000114. The molecule has 6 nitrogen and oxygen atoms in total. The first kappa shape index (κ1) is 27.0. The average molecular weight is 522 g/mol. The Hall–Kier alpha value is -1.27. The van der Waals surface area contributed by atoms with Gasteiger partial charge in [0.1, 0.15) is 0 Å². The molecular formula is C23H36Cl2MnN6. The number of nitrogens with zero attached hydrogens (tertiary/aromatic N) is 6. The molecule has 3 rings (SSSR count). The second kappa shape index (κ2) is 9.54. The first-order chi connectivity index (χ1) is 14.5. The van der Waals surface area contributed by atoms with Crippen LogP contribution in [-0.4, -0.2) is 29.3 Å². The summed E-state index contributed by atoms with van der Waals surface area (Å²) in [5.74, 6) is -0.740. The normalized spacial score (nSPS) is 13.1. The van der Waals surface area contributed by atoms with Crippen molar-refractivity contribution in [1.29, 1.82) is 0 Å². The third-order valence-corrected chi connectivity index (χ3v) is 5.37. The number of aromatic nitrogens is 6. The van der Waals surface area contributed by atoms with Crippen molar-refractivity contribution in [2.75, 3.05) is 0 Å². The fraction of sp³-hybridized carbons (Fsp3) is 0.609. The Morgan fingerprint density at radius 1 is 0.562 bits per heavy atom. The molecule has 0 amide bonds. The summed E-state index contributed by atoms with van der Waals surface area (Å²) in [6.07, 6.45) is 6.08. The molecule has 0 aliphatic carbocycles. The van der Waals surface area contributed by atoms with Crippen molar-refractivity contribution in [3.8, 4) is 0 Å². The van der Waals surface area contributed by atoms with E-state index in [1.807, 2.05) is 32.6 Å². The van der Waals surface area contributed by atoms with Crippen molar-refractivity contribution in [3.63, 3.8) is 0 Å². The molecule has 0 N–H and O–H groups in total. The number of hydrogen-bond donors (Lipinski definition) is 0. The summed E-state index contributed by atoms with van der Waals surface area (Å²) in [6.45, 7) is 21.7. The van der Waals surface area contributed by atoms with Crippen LogP contribution in [0.5, 0.6) is 0 Å². The molecule has 3 heterocycles. The van der Waals surface area contributed by atoms with E-state index in [4.69, 9.17) is 35.5 Å². The second-order valence-electron chi connectivity index (χ2n) is 11.2. The van der Waals surface area contributed by atoms with Crippen LogP contribution in [0.2, 0.25) is 0 Å². The topological polar surface area (TPSA) is 53.5 Å². The maximum absolute atomic E-state index is 4.94. The fourth-order valence-electron chi connectivity index (χ4n) is 3.19. The van der Waals surface area contributed by atoms with Crippen LogP contribution < -0.4 is 0 Å². The predicted molar refractivity (Wildman–Crippen MR) is 129 cm³/mol. The van der Waals surface area contributed by atoms with Gasteiger partial charge in [0.25, 0.3) is 0 Å². The van der Waals surface area contributed by atoms with E-state index in [0.29, 0.717) is 0 Å². The van der Waals surface area contributed by atoms with Crippen LogP contribution in [0.15, 0.2) is 36.8 Å². The van der Waals surface area contributed by atoms with E-state index >= 15 is 0 Å². The van der Waals surface area contributed by atoms with Gasteiger partial charge in [-0.25, -0.2) is 14.0 Å². The van der Waals surface area contributed by atoms with Crippen molar-refractivity contribution in [3.05, 3.63) is 53.9 Å². The fourth-order valence-corrected chi connectivity index (χ4v) is 3.19. The Labute approximate surface area is 207 Å². The average Bonchev–Trinajstić information content (AvgIpc) is 3.40. The Morgan fingerprint density at radius 3 is 0.938 bits per heavy atom. The maximum atomic E-state index is 4.94. The van der Waals surface area contributed by atoms with Gasteiger partial charge in [-0.3, -0.25) is 0 Å². The van der Waals surface area contributed by atoms with Gasteiger partial charge < -0.3 is 0 Å². The summed E-state index contributed by atoms with van der Waals surface area (Å²) in [6, 6.07) is 6.25. The van der Waals surface area contributed by atoms with Gasteiger partial charge in [-0.15, -0.1) is 0 Å². The first-order valence-electron chi connectivity index (χ1n) is 10.6. The molecule has 32 heavy (non-hydrogen) atoms. The minimum absolute atomic E-state index is 0.00694. The van der Waals surface area contributed by atoms with Gasteiger partial charge in [-0.1, -0.05) is 62.3 Å².